The zero-order chi connectivity index (χ0) is 44.7. The highest BCUT2D eigenvalue weighted by Gasteiger charge is 2.43. The second-order valence-corrected chi connectivity index (χ2v) is 17.7. The van der Waals surface area contributed by atoms with Gasteiger partial charge in [0.2, 0.25) is 0 Å². The predicted octanol–water partition coefficient (Wildman–Crippen LogP) is 15.2. The van der Waals surface area contributed by atoms with Crippen molar-refractivity contribution in [1.29, 1.82) is 0 Å². The van der Waals surface area contributed by atoms with Crippen LogP contribution in [-0.2, 0) is 0 Å². The molecular formula is C62H40BN3O2. The number of hydrogen-bond acceptors (Lipinski definition) is 5. The van der Waals surface area contributed by atoms with Gasteiger partial charge in [0.15, 0.2) is 0 Å². The molecule has 10 aromatic carbocycles. The van der Waals surface area contributed by atoms with E-state index in [2.05, 4.69) is 233 Å². The fourth-order valence-corrected chi connectivity index (χ4v) is 10.8. The van der Waals surface area contributed by atoms with Crippen LogP contribution in [0.15, 0.2) is 251 Å². The average molecular weight is 870 g/mol. The first-order valence-corrected chi connectivity index (χ1v) is 23.2. The molecule has 0 N–H and O–H groups in total. The largest absolute Gasteiger partial charge is 0.456 e. The highest BCUT2D eigenvalue weighted by Crippen LogP contribution is 2.49. The van der Waals surface area contributed by atoms with Crippen LogP contribution in [0.5, 0.6) is 0 Å². The Bertz CT molecular complexity index is 3820. The number of benzene rings is 10. The van der Waals surface area contributed by atoms with Gasteiger partial charge in [-0.15, -0.1) is 0 Å². The SMILES string of the molecule is c1ccc(N2c3ccccc3B3c4ccccc4N(c4ccc(-c5cc6ccccc6o5)cc4)c4cc(N(c5ccc(-c6cc7ccccc7o6)cc5)c5cccc6ccccc56)cc2c43)cc1. The Morgan fingerprint density at radius 1 is 0.353 bits per heavy atom. The predicted molar refractivity (Wildman–Crippen MR) is 283 cm³/mol. The van der Waals surface area contributed by atoms with Crippen LogP contribution in [0.25, 0.3) is 55.4 Å². The van der Waals surface area contributed by atoms with E-state index in [-0.39, 0.29) is 6.71 Å². The fourth-order valence-electron chi connectivity index (χ4n) is 10.8. The van der Waals surface area contributed by atoms with Crippen molar-refractivity contribution in [3.8, 4) is 22.6 Å². The summed E-state index contributed by atoms with van der Waals surface area (Å²) in [6.45, 7) is -0.0124. The number of fused-ring (bicyclic) bond motifs is 7. The summed E-state index contributed by atoms with van der Waals surface area (Å²) in [4.78, 5) is 7.38. The molecule has 14 rings (SSSR count). The summed E-state index contributed by atoms with van der Waals surface area (Å²) >= 11 is 0. The number of rotatable bonds is 7. The summed E-state index contributed by atoms with van der Waals surface area (Å²) in [6, 6.07) is 87.2. The third kappa shape index (κ3) is 6.04. The van der Waals surface area contributed by atoms with Crippen molar-refractivity contribution in [2.45, 2.75) is 0 Å². The molecule has 0 atom stereocenters. The first-order valence-electron chi connectivity index (χ1n) is 23.2. The van der Waals surface area contributed by atoms with E-state index in [9.17, 15) is 0 Å². The molecule has 0 fully saturated rings. The van der Waals surface area contributed by atoms with Crippen LogP contribution in [-0.4, -0.2) is 6.71 Å². The van der Waals surface area contributed by atoms with E-state index in [1.165, 1.54) is 27.5 Å². The molecule has 0 saturated carbocycles. The van der Waals surface area contributed by atoms with E-state index < -0.39 is 0 Å². The molecule has 2 aliphatic heterocycles. The highest BCUT2D eigenvalue weighted by atomic mass is 16.3. The zero-order valence-corrected chi connectivity index (χ0v) is 36.8. The Labute approximate surface area is 394 Å². The first kappa shape index (κ1) is 38.3. The van der Waals surface area contributed by atoms with Gasteiger partial charge in [0.25, 0.3) is 6.71 Å². The van der Waals surface area contributed by atoms with E-state index in [1.807, 2.05) is 24.3 Å². The van der Waals surface area contributed by atoms with Gasteiger partial charge in [0.05, 0.1) is 11.4 Å². The van der Waals surface area contributed by atoms with Crippen molar-refractivity contribution in [1.82, 2.24) is 0 Å². The first-order chi connectivity index (χ1) is 33.7. The van der Waals surface area contributed by atoms with Crippen LogP contribution < -0.4 is 31.1 Å². The lowest BCUT2D eigenvalue weighted by atomic mass is 9.33. The third-order valence-electron chi connectivity index (χ3n) is 13.8. The molecule has 4 heterocycles. The van der Waals surface area contributed by atoms with Gasteiger partial charge in [-0.1, -0.05) is 127 Å². The average Bonchev–Trinajstić information content (AvgIpc) is 4.05. The maximum absolute atomic E-state index is 6.37. The van der Waals surface area contributed by atoms with Gasteiger partial charge in [-0.3, -0.25) is 0 Å². The molecule has 0 unspecified atom stereocenters. The molecule has 0 aliphatic carbocycles. The van der Waals surface area contributed by atoms with Gasteiger partial charge in [0.1, 0.15) is 22.7 Å². The molecule has 318 valence electrons. The standard InChI is InChI=1S/C62H40BN3O2/c1-2-19-46(20-3-1)65-54-24-10-8-22-51(54)63-52-23-9-11-25-55(52)66(48-35-31-43(32-36-48)61-38-45-17-6-13-28-59(45)68-61)57-40-49(39-56(65)62(57)63)64(53-26-14-18-41-15-4-7-21-50(41)53)47-33-29-42(30-34-47)60-37-44-16-5-12-27-58(44)67-60/h1-40H. The normalized spacial score (nSPS) is 12.6. The molecule has 0 radical (unpaired) electrons. The minimum Gasteiger partial charge on any atom is -0.456 e. The van der Waals surface area contributed by atoms with E-state index in [1.54, 1.807) is 0 Å². The minimum atomic E-state index is -0.0124. The number of nitrogens with zero attached hydrogens (tertiary/aromatic N) is 3. The van der Waals surface area contributed by atoms with Gasteiger partial charge < -0.3 is 23.5 Å². The topological polar surface area (TPSA) is 36.0 Å². The molecule has 0 spiro atoms. The molecular weight excluding hydrogens is 830 g/mol. The highest BCUT2D eigenvalue weighted by molar-refractivity contribution is 7.00. The van der Waals surface area contributed by atoms with Crippen LogP contribution in [0.3, 0.4) is 0 Å². The van der Waals surface area contributed by atoms with Crippen molar-refractivity contribution in [3.05, 3.63) is 243 Å². The molecule has 0 bridgehead atoms. The Morgan fingerprint density at radius 2 is 0.838 bits per heavy atom. The van der Waals surface area contributed by atoms with Crippen molar-refractivity contribution >= 4 is 107 Å². The summed E-state index contributed by atoms with van der Waals surface area (Å²) in [7, 11) is 0. The Hall–Kier alpha value is -9.00. The molecule has 6 heteroatoms. The Kier molecular flexibility index (Phi) is 8.61. The lowest BCUT2D eigenvalue weighted by Gasteiger charge is -2.45. The monoisotopic (exact) mass is 869 g/mol. The van der Waals surface area contributed by atoms with Crippen molar-refractivity contribution < 1.29 is 8.83 Å². The molecule has 0 amide bonds. The fraction of sp³-hybridized carbons (Fsp3) is 0. The molecule has 5 nitrogen and oxygen atoms in total. The Morgan fingerprint density at radius 3 is 1.44 bits per heavy atom. The second-order valence-electron chi connectivity index (χ2n) is 17.7. The molecule has 2 aromatic heterocycles. The smallest absolute Gasteiger partial charge is 0.252 e. The summed E-state index contributed by atoms with van der Waals surface area (Å²) in [5.74, 6) is 1.69. The summed E-state index contributed by atoms with van der Waals surface area (Å²) < 4.78 is 12.7. The van der Waals surface area contributed by atoms with Crippen molar-refractivity contribution in [3.63, 3.8) is 0 Å². The maximum atomic E-state index is 6.37. The number of anilines is 9. The van der Waals surface area contributed by atoms with Gasteiger partial charge in [0, 0.05) is 67.1 Å². The van der Waals surface area contributed by atoms with Gasteiger partial charge in [-0.25, -0.2) is 0 Å². The zero-order valence-electron chi connectivity index (χ0n) is 36.8. The lowest BCUT2D eigenvalue weighted by molar-refractivity contribution is 0.631. The number of para-hydroxylation sites is 5. The maximum Gasteiger partial charge on any atom is 0.252 e. The second kappa shape index (κ2) is 15.3. The Balaban J connectivity index is 1.02. The molecule has 68 heavy (non-hydrogen) atoms. The van der Waals surface area contributed by atoms with Crippen LogP contribution in [0.1, 0.15) is 0 Å². The van der Waals surface area contributed by atoms with E-state index in [0.717, 1.165) is 95.5 Å². The van der Waals surface area contributed by atoms with Crippen LogP contribution in [0, 0.1) is 0 Å². The van der Waals surface area contributed by atoms with E-state index in [4.69, 9.17) is 8.83 Å². The van der Waals surface area contributed by atoms with Crippen LogP contribution in [0.4, 0.5) is 51.2 Å². The quantitative estimate of drug-likeness (QED) is 0.149. The summed E-state index contributed by atoms with van der Waals surface area (Å²) in [5, 5.41) is 4.52. The molecule has 2 aliphatic rings. The van der Waals surface area contributed by atoms with E-state index >= 15 is 0 Å². The lowest BCUT2D eigenvalue weighted by Crippen LogP contribution is -2.61. The van der Waals surface area contributed by atoms with Gasteiger partial charge >= 0.3 is 0 Å². The molecule has 12 aromatic rings. The number of hydrogen-bond donors (Lipinski definition) is 0. The summed E-state index contributed by atoms with van der Waals surface area (Å²) in [5.41, 5.74) is 17.5. The number of furan rings is 2. The van der Waals surface area contributed by atoms with Crippen LogP contribution >= 0.6 is 0 Å². The third-order valence-corrected chi connectivity index (χ3v) is 13.8. The van der Waals surface area contributed by atoms with Gasteiger partial charge in [-0.2, -0.15) is 0 Å². The van der Waals surface area contributed by atoms with Gasteiger partial charge in [-0.05, 0) is 137 Å². The van der Waals surface area contributed by atoms with Crippen molar-refractivity contribution in [2.24, 2.45) is 0 Å². The van der Waals surface area contributed by atoms with Crippen molar-refractivity contribution in [2.75, 3.05) is 14.7 Å². The minimum absolute atomic E-state index is 0.0124. The van der Waals surface area contributed by atoms with E-state index in [0.29, 0.717) is 0 Å². The van der Waals surface area contributed by atoms with Crippen LogP contribution in [0.2, 0.25) is 0 Å². The molecule has 0 saturated heterocycles. The summed E-state index contributed by atoms with van der Waals surface area (Å²) in [6.07, 6.45) is 0.